The van der Waals surface area contributed by atoms with Gasteiger partial charge in [0.05, 0.1) is 26.9 Å². The first-order valence-corrected chi connectivity index (χ1v) is 14.8. The van der Waals surface area contributed by atoms with Gasteiger partial charge in [0.15, 0.2) is 29.3 Å². The molecule has 6 N–H and O–H groups in total. The minimum absolute atomic E-state index is 0.0855. The number of ether oxygens (including phenoxy) is 5. The van der Waals surface area contributed by atoms with E-state index >= 15 is 0 Å². The van der Waals surface area contributed by atoms with Crippen LogP contribution in [0, 0.1) is 17.8 Å². The summed E-state index contributed by atoms with van der Waals surface area (Å²) >= 11 is 0. The summed E-state index contributed by atoms with van der Waals surface area (Å²) in [4.78, 5) is 13.3. The number of phenols is 1. The van der Waals surface area contributed by atoms with Crippen LogP contribution < -0.4 is 35.3 Å². The molecule has 2 unspecified atom stereocenters. The highest BCUT2D eigenvalue weighted by Crippen LogP contribution is 2.56. The molecule has 11 nitrogen and oxygen atoms in total. The molecule has 1 saturated heterocycles. The average Bonchev–Trinajstić information content (AvgIpc) is 3.62. The van der Waals surface area contributed by atoms with Gasteiger partial charge in [0.25, 0.3) is 0 Å². The smallest absolute Gasteiger partial charge is 0.231 e. The number of nitrogens with one attached hydrogen (secondary N) is 2. The second-order valence-corrected chi connectivity index (χ2v) is 11.3. The van der Waals surface area contributed by atoms with Gasteiger partial charge >= 0.3 is 0 Å². The van der Waals surface area contributed by atoms with Crippen molar-refractivity contribution in [2.24, 2.45) is 23.5 Å². The predicted molar refractivity (Wildman–Crippen MR) is 155 cm³/mol. The number of hydrogen-bond donors (Lipinski definition) is 5. The molecule has 2 heterocycles. The number of aliphatic hydroxyl groups excluding tert-OH is 1. The number of benzene rings is 2. The summed E-state index contributed by atoms with van der Waals surface area (Å²) in [6, 6.07) is 6.94. The minimum atomic E-state index is -1.06. The number of aromatic hydroxyl groups is 1. The molecule has 6 atom stereocenters. The van der Waals surface area contributed by atoms with E-state index in [2.05, 4.69) is 17.6 Å². The van der Waals surface area contributed by atoms with E-state index in [-0.39, 0.29) is 48.4 Å². The Kier molecular flexibility index (Phi) is 9.62. The Morgan fingerprint density at radius 3 is 2.45 bits per heavy atom. The summed E-state index contributed by atoms with van der Waals surface area (Å²) < 4.78 is 28.1. The van der Waals surface area contributed by atoms with Crippen molar-refractivity contribution in [3.8, 4) is 28.7 Å². The molecule has 2 aliphatic heterocycles. The topological polar surface area (TPSA) is 154 Å². The number of aliphatic hydroxyl groups is 1. The largest absolute Gasteiger partial charge is 0.502 e. The van der Waals surface area contributed by atoms with Gasteiger partial charge in [-0.15, -0.1) is 0 Å². The van der Waals surface area contributed by atoms with E-state index in [4.69, 9.17) is 29.4 Å². The maximum atomic E-state index is 13.3. The van der Waals surface area contributed by atoms with Gasteiger partial charge in [-0.3, -0.25) is 4.79 Å². The van der Waals surface area contributed by atoms with E-state index in [0.29, 0.717) is 36.9 Å². The Labute approximate surface area is 246 Å². The van der Waals surface area contributed by atoms with E-state index in [0.717, 1.165) is 42.5 Å². The number of phenolic OH excluding ortho intramolecular Hbond substituents is 1. The quantitative estimate of drug-likeness (QED) is 0.222. The van der Waals surface area contributed by atoms with E-state index in [1.54, 1.807) is 12.1 Å². The Bertz CT molecular complexity index is 1230. The number of nitrogens with two attached hydrogens (primary N) is 1. The zero-order chi connectivity index (χ0) is 29.8. The predicted octanol–water partition coefficient (Wildman–Crippen LogP) is 2.77. The summed E-state index contributed by atoms with van der Waals surface area (Å²) in [5.74, 6) is 1.09. The lowest BCUT2D eigenvalue weighted by Crippen LogP contribution is -2.44. The van der Waals surface area contributed by atoms with E-state index in [1.807, 2.05) is 12.1 Å². The van der Waals surface area contributed by atoms with Crippen molar-refractivity contribution in [3.05, 3.63) is 41.0 Å². The van der Waals surface area contributed by atoms with Crippen LogP contribution in [0.25, 0.3) is 0 Å². The Hall–Kier alpha value is -3.25. The Morgan fingerprint density at radius 2 is 1.81 bits per heavy atom. The van der Waals surface area contributed by atoms with Crippen LogP contribution in [0.5, 0.6) is 28.7 Å². The second-order valence-electron chi connectivity index (χ2n) is 11.3. The van der Waals surface area contributed by atoms with Crippen LogP contribution in [-0.4, -0.2) is 69.7 Å². The van der Waals surface area contributed by atoms with Crippen LogP contribution in [0.4, 0.5) is 0 Å². The van der Waals surface area contributed by atoms with Crippen LogP contribution in [0.3, 0.4) is 0 Å². The van der Waals surface area contributed by atoms with Gasteiger partial charge in [-0.25, -0.2) is 0 Å². The number of amides is 1. The standard InChI is InChI=1S/C31H43N3O8/c1-4-17(6-5-8-32)14-33-9-7-26(35)34-29-20-13-23-22(41-16-42-23)12-19(20)27(28-21(29)15-40-31(28)37)18-10-24(38-2)30(36)25(11-18)39-3/h10-13,17,21,27-29,31,33,36-37H,4-9,14-16,32H2,1-3H3,(H,34,35)/t17?,21-,27+,28-,29+,31?/m0/s1. The normalized spacial score (nSPS) is 24.5. The van der Waals surface area contributed by atoms with Crippen molar-refractivity contribution in [1.29, 1.82) is 0 Å². The van der Waals surface area contributed by atoms with Crippen molar-refractivity contribution in [2.45, 2.75) is 50.9 Å². The van der Waals surface area contributed by atoms with Gasteiger partial charge in [-0.2, -0.15) is 0 Å². The van der Waals surface area contributed by atoms with E-state index in [1.165, 1.54) is 14.2 Å². The van der Waals surface area contributed by atoms with E-state index < -0.39 is 18.2 Å². The van der Waals surface area contributed by atoms with Crippen LogP contribution in [0.2, 0.25) is 0 Å². The van der Waals surface area contributed by atoms with Crippen molar-refractivity contribution in [1.82, 2.24) is 10.6 Å². The van der Waals surface area contributed by atoms with Crippen LogP contribution in [0.15, 0.2) is 24.3 Å². The first-order valence-electron chi connectivity index (χ1n) is 14.8. The fourth-order valence-electron chi connectivity index (χ4n) is 6.61. The first-order chi connectivity index (χ1) is 20.4. The molecule has 230 valence electrons. The van der Waals surface area contributed by atoms with Crippen molar-refractivity contribution >= 4 is 5.91 Å². The van der Waals surface area contributed by atoms with Crippen LogP contribution in [-0.2, 0) is 9.53 Å². The molecule has 3 aliphatic rings. The number of rotatable bonds is 13. The molecule has 1 amide bonds. The van der Waals surface area contributed by atoms with Gasteiger partial charge in [0.1, 0.15) is 0 Å². The molecule has 0 spiro atoms. The summed E-state index contributed by atoms with van der Waals surface area (Å²) in [5.41, 5.74) is 8.18. The SMILES string of the molecule is CCC(CCCN)CNCCC(=O)N[C@@H]1c2cc3c(cc2[C@@H](c2cc(OC)c(O)c(OC)c2)[C@H]2C(O)OC[C@@H]21)OCO3. The third-order valence-electron chi connectivity index (χ3n) is 8.88. The van der Waals surface area contributed by atoms with Crippen molar-refractivity contribution in [2.75, 3.05) is 47.3 Å². The lowest BCUT2D eigenvalue weighted by atomic mass is 9.65. The molecule has 1 aliphatic carbocycles. The van der Waals surface area contributed by atoms with Crippen molar-refractivity contribution < 1.29 is 38.7 Å². The molecule has 0 bridgehead atoms. The summed E-state index contributed by atoms with van der Waals surface area (Å²) in [6.07, 6.45) is 2.40. The Balaban J connectivity index is 1.43. The fourth-order valence-corrected chi connectivity index (χ4v) is 6.61. The van der Waals surface area contributed by atoms with Crippen molar-refractivity contribution in [3.63, 3.8) is 0 Å². The third-order valence-corrected chi connectivity index (χ3v) is 8.88. The molecule has 2 aromatic carbocycles. The molecule has 42 heavy (non-hydrogen) atoms. The van der Waals surface area contributed by atoms with Gasteiger partial charge in [-0.05, 0) is 72.8 Å². The molecule has 0 radical (unpaired) electrons. The third kappa shape index (κ3) is 5.96. The zero-order valence-corrected chi connectivity index (χ0v) is 24.6. The lowest BCUT2D eigenvalue weighted by molar-refractivity contribution is -0.122. The number of fused-ring (bicyclic) bond motifs is 3. The highest BCUT2D eigenvalue weighted by Gasteiger charge is 2.52. The lowest BCUT2D eigenvalue weighted by Gasteiger charge is -2.41. The van der Waals surface area contributed by atoms with Gasteiger partial charge in [0.2, 0.25) is 18.4 Å². The summed E-state index contributed by atoms with van der Waals surface area (Å²) in [6.45, 7) is 4.66. The first kappa shape index (κ1) is 30.2. The van der Waals surface area contributed by atoms with E-state index in [9.17, 15) is 15.0 Å². The molecule has 2 aromatic rings. The molecular formula is C31H43N3O8. The average molecular weight is 586 g/mol. The summed E-state index contributed by atoms with van der Waals surface area (Å²) in [5, 5.41) is 28.4. The zero-order valence-electron chi connectivity index (χ0n) is 24.6. The number of carbonyl (C=O) groups is 1. The maximum absolute atomic E-state index is 13.3. The van der Waals surface area contributed by atoms with Crippen LogP contribution >= 0.6 is 0 Å². The van der Waals surface area contributed by atoms with Gasteiger partial charge in [-0.1, -0.05) is 13.3 Å². The Morgan fingerprint density at radius 1 is 1.12 bits per heavy atom. The molecule has 1 fully saturated rings. The highest BCUT2D eigenvalue weighted by atomic mass is 16.7. The molecule has 5 rings (SSSR count). The second kappa shape index (κ2) is 13.4. The van der Waals surface area contributed by atoms with Crippen LogP contribution in [0.1, 0.15) is 61.3 Å². The molecule has 0 aromatic heterocycles. The van der Waals surface area contributed by atoms with Gasteiger partial charge < -0.3 is 50.3 Å². The highest BCUT2D eigenvalue weighted by molar-refractivity contribution is 5.77. The molecule has 0 saturated carbocycles. The number of hydrogen-bond acceptors (Lipinski definition) is 10. The monoisotopic (exact) mass is 585 g/mol. The minimum Gasteiger partial charge on any atom is -0.502 e. The number of carbonyl (C=O) groups excluding carboxylic acids is 1. The molecular weight excluding hydrogens is 542 g/mol. The van der Waals surface area contributed by atoms with Gasteiger partial charge in [0, 0.05) is 30.7 Å². The molecule has 11 heteroatoms. The number of methoxy groups -OCH3 is 2. The fraction of sp³-hybridized carbons (Fsp3) is 0.581. The maximum Gasteiger partial charge on any atom is 0.231 e. The summed E-state index contributed by atoms with van der Waals surface area (Å²) in [7, 11) is 2.95.